The van der Waals surface area contributed by atoms with Crippen molar-refractivity contribution in [3.8, 4) is 0 Å². The zero-order valence-electron chi connectivity index (χ0n) is 44.2. The molecule has 6 nitrogen and oxygen atoms in total. The molecule has 0 aromatic carbocycles. The Balaban J connectivity index is 4.46. The predicted octanol–water partition coefficient (Wildman–Crippen LogP) is 19.0. The van der Waals surface area contributed by atoms with E-state index in [1.54, 1.807) is 0 Å². The third kappa shape index (κ3) is 53.7. The SMILES string of the molecule is CCCCC/C=C\C/C=C\C/C=C\C/C=C\CCCCCC(=O)O[C@H](COC(=O)CCCCCCC/C=C\CCCCCCCC)COC(=O)CCCCCCCCC/C=C\CCCCCC. The van der Waals surface area contributed by atoms with Gasteiger partial charge in [0.05, 0.1) is 0 Å². The van der Waals surface area contributed by atoms with E-state index in [0.29, 0.717) is 12.8 Å². The fourth-order valence-corrected chi connectivity index (χ4v) is 7.83. The first-order valence-corrected chi connectivity index (χ1v) is 28.4. The van der Waals surface area contributed by atoms with Gasteiger partial charge in [-0.25, -0.2) is 0 Å². The van der Waals surface area contributed by atoms with Gasteiger partial charge in [0.2, 0.25) is 0 Å². The third-order valence-electron chi connectivity index (χ3n) is 12.2. The van der Waals surface area contributed by atoms with Gasteiger partial charge in [-0.2, -0.15) is 0 Å². The fourth-order valence-electron chi connectivity index (χ4n) is 7.83. The Labute approximate surface area is 414 Å². The third-order valence-corrected chi connectivity index (χ3v) is 12.2. The number of esters is 3. The minimum Gasteiger partial charge on any atom is -0.462 e. The van der Waals surface area contributed by atoms with Crippen molar-refractivity contribution in [2.75, 3.05) is 13.2 Å². The highest BCUT2D eigenvalue weighted by molar-refractivity contribution is 5.71. The highest BCUT2D eigenvalue weighted by Gasteiger charge is 2.19. The number of hydrogen-bond acceptors (Lipinski definition) is 6. The molecular weight excluding hydrogens is 829 g/mol. The van der Waals surface area contributed by atoms with Crippen molar-refractivity contribution in [3.63, 3.8) is 0 Å². The molecule has 0 fully saturated rings. The smallest absolute Gasteiger partial charge is 0.306 e. The van der Waals surface area contributed by atoms with Gasteiger partial charge in [0.1, 0.15) is 13.2 Å². The largest absolute Gasteiger partial charge is 0.462 e. The first-order chi connectivity index (χ1) is 33.0. The van der Waals surface area contributed by atoms with Gasteiger partial charge in [0, 0.05) is 19.3 Å². The van der Waals surface area contributed by atoms with Crippen molar-refractivity contribution in [1.82, 2.24) is 0 Å². The first kappa shape index (κ1) is 63.8. The molecule has 0 aromatic heterocycles. The Morgan fingerprint density at radius 2 is 0.537 bits per heavy atom. The van der Waals surface area contributed by atoms with Crippen molar-refractivity contribution in [3.05, 3.63) is 72.9 Å². The standard InChI is InChI=1S/C61H106O6/c1-4-7-10-13-16-19-22-25-28-29-30-31-34-37-40-43-46-49-52-55-61(64)67-58(56-65-59(62)53-50-47-44-41-38-35-32-26-23-20-17-14-11-8-5-2)57-66-60(63)54-51-48-45-42-39-36-33-27-24-21-18-15-12-9-6-3/h16,19-20,23,25,27-28,30-31,33,37,40,58H,4-15,17-18,21-22,24,26,29,32,34-36,38-39,41-57H2,1-3H3/b19-16-,23-20-,28-25-,31-30-,33-27-,40-37-/t58-/m0/s1. The van der Waals surface area contributed by atoms with Crippen molar-refractivity contribution in [2.24, 2.45) is 0 Å². The Morgan fingerprint density at radius 3 is 0.910 bits per heavy atom. The summed E-state index contributed by atoms with van der Waals surface area (Å²) in [6, 6.07) is 0. The monoisotopic (exact) mass is 935 g/mol. The molecule has 0 amide bonds. The van der Waals surface area contributed by atoms with Crippen LogP contribution in [-0.4, -0.2) is 37.2 Å². The van der Waals surface area contributed by atoms with Gasteiger partial charge in [-0.1, -0.05) is 216 Å². The molecule has 0 N–H and O–H groups in total. The number of ether oxygens (including phenoxy) is 3. The van der Waals surface area contributed by atoms with Crippen LogP contribution in [0.4, 0.5) is 0 Å². The minimum absolute atomic E-state index is 0.0927. The highest BCUT2D eigenvalue weighted by Crippen LogP contribution is 2.14. The van der Waals surface area contributed by atoms with Gasteiger partial charge in [0.25, 0.3) is 0 Å². The highest BCUT2D eigenvalue weighted by atomic mass is 16.6. The summed E-state index contributed by atoms with van der Waals surface area (Å²) in [5, 5.41) is 0. The van der Waals surface area contributed by atoms with Crippen LogP contribution in [0, 0.1) is 0 Å². The van der Waals surface area contributed by atoms with E-state index in [9.17, 15) is 14.4 Å². The summed E-state index contributed by atoms with van der Waals surface area (Å²) < 4.78 is 16.8. The molecule has 1 atom stereocenters. The maximum atomic E-state index is 12.8. The second-order valence-electron chi connectivity index (χ2n) is 18.8. The lowest BCUT2D eigenvalue weighted by molar-refractivity contribution is -0.167. The van der Waals surface area contributed by atoms with E-state index in [1.165, 1.54) is 148 Å². The van der Waals surface area contributed by atoms with Gasteiger partial charge < -0.3 is 14.2 Å². The normalized spacial score (nSPS) is 12.6. The summed E-state index contributed by atoms with van der Waals surface area (Å²) >= 11 is 0. The van der Waals surface area contributed by atoms with Crippen LogP contribution in [0.15, 0.2) is 72.9 Å². The molecule has 67 heavy (non-hydrogen) atoms. The van der Waals surface area contributed by atoms with Gasteiger partial charge in [0.15, 0.2) is 6.10 Å². The van der Waals surface area contributed by atoms with Gasteiger partial charge in [-0.3, -0.25) is 14.4 Å². The van der Waals surface area contributed by atoms with Crippen molar-refractivity contribution in [1.29, 1.82) is 0 Å². The number of rotatable bonds is 51. The molecule has 0 radical (unpaired) electrons. The molecule has 0 saturated heterocycles. The molecule has 0 unspecified atom stereocenters. The molecule has 0 aliphatic heterocycles. The van der Waals surface area contributed by atoms with Crippen LogP contribution in [0.2, 0.25) is 0 Å². The van der Waals surface area contributed by atoms with Gasteiger partial charge >= 0.3 is 17.9 Å². The molecule has 0 bridgehead atoms. The molecule has 6 heteroatoms. The Morgan fingerprint density at radius 1 is 0.299 bits per heavy atom. The maximum absolute atomic E-state index is 12.8. The molecule has 0 aliphatic carbocycles. The average molecular weight is 936 g/mol. The van der Waals surface area contributed by atoms with E-state index >= 15 is 0 Å². The molecule has 0 rings (SSSR count). The molecule has 0 aromatic rings. The Bertz CT molecular complexity index is 1260. The molecular formula is C61H106O6. The van der Waals surface area contributed by atoms with E-state index in [4.69, 9.17) is 14.2 Å². The lowest BCUT2D eigenvalue weighted by atomic mass is 10.1. The summed E-state index contributed by atoms with van der Waals surface area (Å²) in [6.07, 6.45) is 70.2. The van der Waals surface area contributed by atoms with Crippen LogP contribution in [0.5, 0.6) is 0 Å². The van der Waals surface area contributed by atoms with Crippen LogP contribution in [0.1, 0.15) is 278 Å². The number of allylic oxidation sites excluding steroid dienone is 12. The zero-order chi connectivity index (χ0) is 48.6. The number of carbonyl (C=O) groups excluding carboxylic acids is 3. The summed E-state index contributed by atoms with van der Waals surface area (Å²) in [5.74, 6) is -0.930. The van der Waals surface area contributed by atoms with Crippen molar-refractivity contribution >= 4 is 17.9 Å². The lowest BCUT2D eigenvalue weighted by Gasteiger charge is -2.18. The van der Waals surface area contributed by atoms with Crippen molar-refractivity contribution in [2.45, 2.75) is 284 Å². The topological polar surface area (TPSA) is 78.9 Å². The van der Waals surface area contributed by atoms with Gasteiger partial charge in [-0.15, -0.1) is 0 Å². The summed E-state index contributed by atoms with van der Waals surface area (Å²) in [7, 11) is 0. The quantitative estimate of drug-likeness (QED) is 0.0262. The first-order valence-electron chi connectivity index (χ1n) is 28.4. The maximum Gasteiger partial charge on any atom is 0.306 e. The predicted molar refractivity (Wildman–Crippen MR) is 288 cm³/mol. The second kappa shape index (κ2) is 55.4. The van der Waals surface area contributed by atoms with E-state index in [2.05, 4.69) is 93.7 Å². The van der Waals surface area contributed by atoms with Crippen LogP contribution in [0.3, 0.4) is 0 Å². The van der Waals surface area contributed by atoms with Crippen LogP contribution >= 0.6 is 0 Å². The number of unbranched alkanes of at least 4 members (excludes halogenated alkanes) is 28. The Hall–Kier alpha value is -3.15. The zero-order valence-corrected chi connectivity index (χ0v) is 44.2. The average Bonchev–Trinajstić information content (AvgIpc) is 3.33. The van der Waals surface area contributed by atoms with Crippen LogP contribution in [0.25, 0.3) is 0 Å². The van der Waals surface area contributed by atoms with Crippen LogP contribution < -0.4 is 0 Å². The summed E-state index contributed by atoms with van der Waals surface area (Å²) in [5.41, 5.74) is 0. The fraction of sp³-hybridized carbons (Fsp3) is 0.754. The van der Waals surface area contributed by atoms with E-state index in [1.807, 2.05) is 0 Å². The van der Waals surface area contributed by atoms with E-state index < -0.39 is 6.10 Å². The minimum atomic E-state index is -0.797. The molecule has 386 valence electrons. The number of carbonyl (C=O) groups is 3. The number of hydrogen-bond donors (Lipinski definition) is 0. The Kier molecular flexibility index (Phi) is 52.8. The lowest BCUT2D eigenvalue weighted by Crippen LogP contribution is -2.30. The summed E-state index contributed by atoms with van der Waals surface area (Å²) in [4.78, 5) is 38.1. The summed E-state index contributed by atoms with van der Waals surface area (Å²) in [6.45, 7) is 6.57. The molecule has 0 heterocycles. The van der Waals surface area contributed by atoms with Gasteiger partial charge in [-0.05, 0) is 116 Å². The molecule has 0 saturated carbocycles. The molecule has 0 spiro atoms. The van der Waals surface area contributed by atoms with Crippen LogP contribution in [-0.2, 0) is 28.6 Å². The second-order valence-corrected chi connectivity index (χ2v) is 18.8. The van der Waals surface area contributed by atoms with Crippen molar-refractivity contribution < 1.29 is 28.6 Å². The van der Waals surface area contributed by atoms with E-state index in [0.717, 1.165) is 89.9 Å². The molecule has 0 aliphatic rings. The van der Waals surface area contributed by atoms with E-state index in [-0.39, 0.29) is 37.5 Å².